The fraction of sp³-hybridized carbons (Fsp3) is 0.500. The van der Waals surface area contributed by atoms with Crippen molar-refractivity contribution in [3.8, 4) is 0 Å². The van der Waals surface area contributed by atoms with Gasteiger partial charge in [0.2, 0.25) is 0 Å². The van der Waals surface area contributed by atoms with Gasteiger partial charge in [0.25, 0.3) is 0 Å². The van der Waals surface area contributed by atoms with Gasteiger partial charge in [-0.1, -0.05) is 12.1 Å². The summed E-state index contributed by atoms with van der Waals surface area (Å²) in [6.45, 7) is 1.34. The molecule has 1 heterocycles. The summed E-state index contributed by atoms with van der Waals surface area (Å²) in [6.07, 6.45) is 0.765. The Balaban J connectivity index is 0.000000257. The standard InChI is InChI=1S/C11H14FNO.C5H8O4/c1-13-7-10-11-8(5-6-14-10)3-2-4-9(11)12;6-4(7)2-1-3-5(8)9/h2-4,10,13H,5-7H2,1H3;1-3H2,(H,6,7)(H,8,9). The fourth-order valence-electron chi connectivity index (χ4n) is 2.29. The number of hydrogen-bond acceptors (Lipinski definition) is 4. The monoisotopic (exact) mass is 327 g/mol. The molecule has 6 nitrogen and oxygen atoms in total. The number of halogens is 1. The van der Waals surface area contributed by atoms with Crippen LogP contribution < -0.4 is 5.32 Å². The van der Waals surface area contributed by atoms with Crippen LogP contribution in [0.25, 0.3) is 0 Å². The highest BCUT2D eigenvalue weighted by molar-refractivity contribution is 5.69. The number of benzene rings is 1. The third kappa shape index (κ3) is 6.75. The van der Waals surface area contributed by atoms with Crippen molar-refractivity contribution in [3.63, 3.8) is 0 Å². The summed E-state index contributed by atoms with van der Waals surface area (Å²) >= 11 is 0. The minimum atomic E-state index is -0.948. The number of rotatable bonds is 6. The molecule has 0 fully saturated rings. The smallest absolute Gasteiger partial charge is 0.303 e. The minimum absolute atomic E-state index is 0.0632. The zero-order chi connectivity index (χ0) is 17.2. The van der Waals surface area contributed by atoms with Gasteiger partial charge < -0.3 is 20.3 Å². The normalized spacial score (nSPS) is 16.0. The summed E-state index contributed by atoms with van der Waals surface area (Å²) in [5, 5.41) is 19.1. The number of carboxylic acids is 2. The summed E-state index contributed by atoms with van der Waals surface area (Å²) in [5.74, 6) is -2.05. The molecule has 23 heavy (non-hydrogen) atoms. The molecule has 0 saturated carbocycles. The Morgan fingerprint density at radius 2 is 1.96 bits per heavy atom. The molecular formula is C16H22FNO5. The third-order valence-electron chi connectivity index (χ3n) is 3.33. The van der Waals surface area contributed by atoms with Crippen molar-refractivity contribution in [2.75, 3.05) is 20.2 Å². The molecule has 2 rings (SSSR count). The van der Waals surface area contributed by atoms with E-state index in [2.05, 4.69) is 5.32 Å². The molecule has 1 atom stereocenters. The summed E-state index contributed by atoms with van der Waals surface area (Å²) in [7, 11) is 1.85. The van der Waals surface area contributed by atoms with E-state index in [0.717, 1.165) is 17.5 Å². The van der Waals surface area contributed by atoms with E-state index in [4.69, 9.17) is 14.9 Å². The van der Waals surface area contributed by atoms with Gasteiger partial charge in [-0.3, -0.25) is 9.59 Å². The van der Waals surface area contributed by atoms with Crippen molar-refractivity contribution in [1.82, 2.24) is 5.32 Å². The summed E-state index contributed by atoms with van der Waals surface area (Å²) in [4.78, 5) is 19.6. The maximum absolute atomic E-state index is 13.5. The van der Waals surface area contributed by atoms with Crippen LogP contribution in [0.15, 0.2) is 18.2 Å². The van der Waals surface area contributed by atoms with Crippen molar-refractivity contribution in [2.45, 2.75) is 31.8 Å². The minimum Gasteiger partial charge on any atom is -0.481 e. The molecule has 1 aromatic carbocycles. The number of carboxylic acid groups (broad SMARTS) is 2. The first-order chi connectivity index (χ1) is 11.0. The highest BCUT2D eigenvalue weighted by Gasteiger charge is 2.23. The highest BCUT2D eigenvalue weighted by Crippen LogP contribution is 2.28. The van der Waals surface area contributed by atoms with Crippen LogP contribution in [-0.4, -0.2) is 42.4 Å². The molecule has 0 bridgehead atoms. The van der Waals surface area contributed by atoms with Crippen LogP contribution in [-0.2, 0) is 20.7 Å². The van der Waals surface area contributed by atoms with Gasteiger partial charge in [-0.15, -0.1) is 0 Å². The molecule has 0 radical (unpaired) electrons. The summed E-state index contributed by atoms with van der Waals surface area (Å²) in [6, 6.07) is 5.23. The molecular weight excluding hydrogens is 305 g/mol. The number of fused-ring (bicyclic) bond motifs is 1. The van der Waals surface area contributed by atoms with Crippen LogP contribution >= 0.6 is 0 Å². The first-order valence-corrected chi connectivity index (χ1v) is 7.42. The lowest BCUT2D eigenvalue weighted by atomic mass is 9.97. The lowest BCUT2D eigenvalue weighted by Crippen LogP contribution is -2.26. The molecule has 0 aliphatic carbocycles. The zero-order valence-electron chi connectivity index (χ0n) is 13.0. The van der Waals surface area contributed by atoms with Crippen molar-refractivity contribution in [2.24, 2.45) is 0 Å². The van der Waals surface area contributed by atoms with E-state index in [1.54, 1.807) is 6.07 Å². The molecule has 0 aromatic heterocycles. The van der Waals surface area contributed by atoms with Crippen molar-refractivity contribution in [3.05, 3.63) is 35.1 Å². The van der Waals surface area contributed by atoms with Crippen molar-refractivity contribution in [1.29, 1.82) is 0 Å². The Morgan fingerprint density at radius 3 is 2.52 bits per heavy atom. The Bertz CT molecular complexity index is 521. The summed E-state index contributed by atoms with van der Waals surface area (Å²) < 4.78 is 19.1. The Morgan fingerprint density at radius 1 is 1.30 bits per heavy atom. The zero-order valence-corrected chi connectivity index (χ0v) is 13.0. The van der Waals surface area contributed by atoms with Crippen LogP contribution in [0.3, 0.4) is 0 Å². The van der Waals surface area contributed by atoms with Crippen LogP contribution in [0.5, 0.6) is 0 Å². The summed E-state index contributed by atoms with van der Waals surface area (Å²) in [5.41, 5.74) is 1.81. The predicted molar refractivity (Wildman–Crippen MR) is 81.8 cm³/mol. The number of carbonyl (C=O) groups is 2. The Kier molecular flexibility index (Phi) is 8.21. The van der Waals surface area contributed by atoms with Crippen LogP contribution in [0.2, 0.25) is 0 Å². The largest absolute Gasteiger partial charge is 0.481 e. The molecule has 1 aromatic rings. The molecule has 1 aliphatic heterocycles. The van der Waals surface area contributed by atoms with E-state index in [0.29, 0.717) is 13.2 Å². The van der Waals surface area contributed by atoms with E-state index < -0.39 is 11.9 Å². The van der Waals surface area contributed by atoms with E-state index >= 15 is 0 Å². The molecule has 3 N–H and O–H groups in total. The lowest BCUT2D eigenvalue weighted by molar-refractivity contribution is -0.138. The SMILES string of the molecule is CNCC1OCCc2cccc(F)c21.O=C(O)CCCC(=O)O. The van der Waals surface area contributed by atoms with Gasteiger partial charge in [-0.05, 0) is 31.5 Å². The third-order valence-corrected chi connectivity index (χ3v) is 3.33. The van der Waals surface area contributed by atoms with Crippen molar-refractivity contribution < 1.29 is 28.9 Å². The second-order valence-electron chi connectivity index (χ2n) is 5.12. The van der Waals surface area contributed by atoms with Gasteiger partial charge in [0.1, 0.15) is 5.82 Å². The number of nitrogens with one attached hydrogen (secondary N) is 1. The highest BCUT2D eigenvalue weighted by atomic mass is 19.1. The number of likely N-dealkylation sites (N-methyl/N-ethyl adjacent to an activating group) is 1. The van der Waals surface area contributed by atoms with Gasteiger partial charge in [-0.2, -0.15) is 0 Å². The molecule has 128 valence electrons. The van der Waals surface area contributed by atoms with Crippen LogP contribution in [0.4, 0.5) is 4.39 Å². The number of aliphatic carboxylic acids is 2. The fourth-order valence-corrected chi connectivity index (χ4v) is 2.29. The second-order valence-corrected chi connectivity index (χ2v) is 5.12. The molecule has 0 spiro atoms. The van der Waals surface area contributed by atoms with Crippen molar-refractivity contribution >= 4 is 11.9 Å². The van der Waals surface area contributed by atoms with Gasteiger partial charge in [-0.25, -0.2) is 4.39 Å². The maximum atomic E-state index is 13.5. The predicted octanol–water partition coefficient (Wildman–Crippen LogP) is 1.98. The molecule has 7 heteroatoms. The molecule has 1 aliphatic rings. The van der Waals surface area contributed by atoms with Gasteiger partial charge in [0.15, 0.2) is 0 Å². The van der Waals surface area contributed by atoms with E-state index in [1.165, 1.54) is 6.07 Å². The van der Waals surface area contributed by atoms with E-state index in [-0.39, 0.29) is 31.2 Å². The topological polar surface area (TPSA) is 95.9 Å². The first-order valence-electron chi connectivity index (χ1n) is 7.42. The average Bonchev–Trinajstić information content (AvgIpc) is 2.48. The van der Waals surface area contributed by atoms with E-state index in [9.17, 15) is 14.0 Å². The maximum Gasteiger partial charge on any atom is 0.303 e. The Hall–Kier alpha value is -1.99. The quantitative estimate of drug-likeness (QED) is 0.739. The lowest BCUT2D eigenvalue weighted by Gasteiger charge is -2.26. The van der Waals surface area contributed by atoms with Gasteiger partial charge in [0, 0.05) is 24.9 Å². The number of hydrogen-bond donors (Lipinski definition) is 3. The van der Waals surface area contributed by atoms with Crippen LogP contribution in [0.1, 0.15) is 36.5 Å². The van der Waals surface area contributed by atoms with Gasteiger partial charge >= 0.3 is 11.9 Å². The van der Waals surface area contributed by atoms with Crippen LogP contribution in [0, 0.1) is 5.82 Å². The molecule has 1 unspecified atom stereocenters. The Labute approximate surface area is 134 Å². The average molecular weight is 327 g/mol. The van der Waals surface area contributed by atoms with Gasteiger partial charge in [0.05, 0.1) is 12.7 Å². The number of ether oxygens (including phenoxy) is 1. The second kappa shape index (κ2) is 9.91. The first kappa shape index (κ1) is 19.1. The van der Waals surface area contributed by atoms with E-state index in [1.807, 2.05) is 13.1 Å². The molecule has 0 amide bonds. The molecule has 0 saturated heterocycles.